The average molecular weight is 426 g/mol. The number of fused-ring (bicyclic) bond motifs is 3. The van der Waals surface area contributed by atoms with Crippen LogP contribution in [0.4, 0.5) is 18.9 Å². The second-order valence-electron chi connectivity index (χ2n) is 7.38. The van der Waals surface area contributed by atoms with Gasteiger partial charge in [0.15, 0.2) is 11.5 Å². The summed E-state index contributed by atoms with van der Waals surface area (Å²) in [7, 11) is 6.94. The lowest BCUT2D eigenvalue weighted by molar-refractivity contribution is -0.137. The zero-order chi connectivity index (χ0) is 22.3. The van der Waals surface area contributed by atoms with Crippen LogP contribution in [0.5, 0.6) is 11.5 Å². The van der Waals surface area contributed by atoms with Crippen molar-refractivity contribution in [3.63, 3.8) is 0 Å². The van der Waals surface area contributed by atoms with E-state index in [1.807, 2.05) is 49.3 Å². The molecule has 0 aliphatic carbocycles. The van der Waals surface area contributed by atoms with E-state index in [0.29, 0.717) is 22.6 Å². The van der Waals surface area contributed by atoms with Crippen molar-refractivity contribution < 1.29 is 22.6 Å². The molecule has 0 amide bonds. The number of ether oxygens (including phenoxy) is 2. The molecule has 0 saturated heterocycles. The molecule has 0 N–H and O–H groups in total. The van der Waals surface area contributed by atoms with E-state index in [1.165, 1.54) is 13.2 Å². The van der Waals surface area contributed by atoms with E-state index in [1.54, 1.807) is 13.2 Å². The number of rotatable bonds is 4. The summed E-state index contributed by atoms with van der Waals surface area (Å²) in [4.78, 5) is 6.61. The lowest BCUT2D eigenvalue weighted by Gasteiger charge is -2.16. The van der Waals surface area contributed by atoms with Gasteiger partial charge >= 0.3 is 6.18 Å². The van der Waals surface area contributed by atoms with Gasteiger partial charge in [-0.15, -0.1) is 0 Å². The predicted molar refractivity (Wildman–Crippen MR) is 117 cm³/mol. The summed E-state index contributed by atoms with van der Waals surface area (Å²) >= 11 is 0. The van der Waals surface area contributed by atoms with Gasteiger partial charge in [0.25, 0.3) is 0 Å². The van der Waals surface area contributed by atoms with Crippen LogP contribution >= 0.6 is 0 Å². The highest BCUT2D eigenvalue weighted by Gasteiger charge is 2.31. The predicted octanol–water partition coefficient (Wildman–Crippen LogP) is 6.16. The molecule has 1 aromatic heterocycles. The highest BCUT2D eigenvalue weighted by molar-refractivity contribution is 6.12. The number of benzene rings is 3. The summed E-state index contributed by atoms with van der Waals surface area (Å²) in [6.07, 6.45) is -4.45. The molecule has 4 aromatic rings. The van der Waals surface area contributed by atoms with Crippen LogP contribution in [0, 0.1) is 0 Å². The minimum Gasteiger partial charge on any atom is -0.493 e. The van der Waals surface area contributed by atoms with Gasteiger partial charge in [0.05, 0.1) is 31.0 Å². The van der Waals surface area contributed by atoms with Gasteiger partial charge in [-0.25, -0.2) is 4.98 Å². The van der Waals surface area contributed by atoms with E-state index in [2.05, 4.69) is 4.98 Å². The van der Waals surface area contributed by atoms with Crippen molar-refractivity contribution in [3.8, 4) is 22.8 Å². The van der Waals surface area contributed by atoms with Crippen molar-refractivity contribution in [2.24, 2.45) is 0 Å². The highest BCUT2D eigenvalue weighted by atomic mass is 19.4. The number of hydrogen-bond acceptors (Lipinski definition) is 4. The fraction of sp³-hybridized carbons (Fsp3) is 0.208. The molecular weight excluding hydrogens is 405 g/mol. The topological polar surface area (TPSA) is 34.6 Å². The van der Waals surface area contributed by atoms with Gasteiger partial charge < -0.3 is 14.4 Å². The Labute approximate surface area is 177 Å². The first-order chi connectivity index (χ1) is 14.7. The van der Waals surface area contributed by atoms with E-state index in [4.69, 9.17) is 9.47 Å². The summed E-state index contributed by atoms with van der Waals surface area (Å²) in [6.45, 7) is 0. The molecule has 0 saturated carbocycles. The van der Waals surface area contributed by atoms with Gasteiger partial charge in [0.2, 0.25) is 0 Å². The van der Waals surface area contributed by atoms with Crippen molar-refractivity contribution in [1.29, 1.82) is 0 Å². The molecule has 3 aromatic carbocycles. The quantitative estimate of drug-likeness (QED) is 0.366. The van der Waals surface area contributed by atoms with Crippen LogP contribution in [0.15, 0.2) is 54.6 Å². The standard InChI is InChI=1S/C24H21F3N2O2/c1-29(2)16-8-5-14(6-9-16)23-19-13-22(31-4)21(30-3)12-18(19)17-10-7-15(24(25,26)27)11-20(17)28-23/h5-13H,1-4H3. The van der Waals surface area contributed by atoms with Crippen molar-refractivity contribution in [2.45, 2.75) is 6.18 Å². The maximum atomic E-state index is 13.3. The molecule has 0 fully saturated rings. The maximum Gasteiger partial charge on any atom is 0.416 e. The summed E-state index contributed by atoms with van der Waals surface area (Å²) in [5.41, 5.74) is 1.91. The molecular formula is C24H21F3N2O2. The van der Waals surface area contributed by atoms with Crippen molar-refractivity contribution in [3.05, 3.63) is 60.2 Å². The monoisotopic (exact) mass is 426 g/mol. The molecule has 1 heterocycles. The Morgan fingerprint density at radius 1 is 0.774 bits per heavy atom. The smallest absolute Gasteiger partial charge is 0.416 e. The number of halogens is 3. The van der Waals surface area contributed by atoms with E-state index in [0.717, 1.165) is 34.2 Å². The van der Waals surface area contributed by atoms with Crippen LogP contribution in [-0.4, -0.2) is 33.3 Å². The van der Waals surface area contributed by atoms with Gasteiger partial charge in [0, 0.05) is 36.1 Å². The normalized spacial score (nSPS) is 11.7. The van der Waals surface area contributed by atoms with Crippen molar-refractivity contribution >= 4 is 27.4 Å². The molecule has 4 nitrogen and oxygen atoms in total. The molecule has 31 heavy (non-hydrogen) atoms. The van der Waals surface area contributed by atoms with Gasteiger partial charge in [0.1, 0.15) is 0 Å². The Morgan fingerprint density at radius 3 is 1.94 bits per heavy atom. The third-order valence-corrected chi connectivity index (χ3v) is 5.28. The molecule has 0 aliphatic rings. The largest absolute Gasteiger partial charge is 0.493 e. The number of pyridine rings is 1. The molecule has 0 radical (unpaired) electrons. The number of aromatic nitrogens is 1. The number of methoxy groups -OCH3 is 2. The molecule has 7 heteroatoms. The molecule has 4 rings (SSSR count). The summed E-state index contributed by atoms with van der Waals surface area (Å²) in [5, 5.41) is 2.11. The van der Waals surface area contributed by atoms with Gasteiger partial charge in [-0.2, -0.15) is 13.2 Å². The molecule has 0 unspecified atom stereocenters. The fourth-order valence-electron chi connectivity index (χ4n) is 3.64. The first-order valence-electron chi connectivity index (χ1n) is 9.57. The van der Waals surface area contributed by atoms with E-state index >= 15 is 0 Å². The highest BCUT2D eigenvalue weighted by Crippen LogP contribution is 2.41. The van der Waals surface area contributed by atoms with E-state index in [-0.39, 0.29) is 5.52 Å². The Bertz CT molecular complexity index is 1270. The lowest BCUT2D eigenvalue weighted by Crippen LogP contribution is -2.08. The van der Waals surface area contributed by atoms with E-state index in [9.17, 15) is 13.2 Å². The molecule has 0 bridgehead atoms. The maximum absolute atomic E-state index is 13.3. The Morgan fingerprint density at radius 2 is 1.39 bits per heavy atom. The Kier molecular flexibility index (Phi) is 5.13. The fourth-order valence-corrected chi connectivity index (χ4v) is 3.64. The van der Waals surface area contributed by atoms with Gasteiger partial charge in [-0.1, -0.05) is 18.2 Å². The zero-order valence-corrected chi connectivity index (χ0v) is 17.5. The van der Waals surface area contributed by atoms with Crippen molar-refractivity contribution in [1.82, 2.24) is 4.98 Å². The summed E-state index contributed by atoms with van der Waals surface area (Å²) in [5.74, 6) is 1.02. The molecule has 0 atom stereocenters. The van der Waals surface area contributed by atoms with E-state index < -0.39 is 11.7 Å². The average Bonchev–Trinajstić information content (AvgIpc) is 2.76. The molecule has 160 valence electrons. The Hall–Kier alpha value is -3.48. The number of alkyl halides is 3. The van der Waals surface area contributed by atoms with Gasteiger partial charge in [-0.05, 0) is 41.8 Å². The van der Waals surface area contributed by atoms with Gasteiger partial charge in [-0.3, -0.25) is 0 Å². The second kappa shape index (κ2) is 7.65. The van der Waals surface area contributed by atoms with Crippen LogP contribution < -0.4 is 14.4 Å². The Balaban J connectivity index is 2.07. The summed E-state index contributed by atoms with van der Waals surface area (Å²) in [6, 6.07) is 14.9. The van der Waals surface area contributed by atoms with Crippen molar-refractivity contribution in [2.75, 3.05) is 33.2 Å². The summed E-state index contributed by atoms with van der Waals surface area (Å²) < 4.78 is 50.8. The number of hydrogen-bond donors (Lipinski definition) is 0. The third-order valence-electron chi connectivity index (χ3n) is 5.28. The van der Waals surface area contributed by atoms with Crippen LogP contribution in [0.25, 0.3) is 32.9 Å². The van der Waals surface area contributed by atoms with Crippen LogP contribution in [0.3, 0.4) is 0 Å². The lowest BCUT2D eigenvalue weighted by atomic mass is 9.98. The first kappa shape index (κ1) is 20.8. The number of anilines is 1. The minimum atomic E-state index is -4.45. The van der Waals surface area contributed by atoms with Crippen LogP contribution in [0.1, 0.15) is 5.56 Å². The number of nitrogens with zero attached hydrogens (tertiary/aromatic N) is 2. The SMILES string of the molecule is COc1cc2c(-c3ccc(N(C)C)cc3)nc3cc(C(F)(F)F)ccc3c2cc1OC. The second-order valence-corrected chi connectivity index (χ2v) is 7.38. The molecule has 0 spiro atoms. The minimum absolute atomic E-state index is 0.265. The third kappa shape index (κ3) is 3.71. The first-order valence-corrected chi connectivity index (χ1v) is 9.57. The molecule has 0 aliphatic heterocycles. The van der Waals surface area contributed by atoms with Crippen LogP contribution in [-0.2, 0) is 6.18 Å². The van der Waals surface area contributed by atoms with Crippen LogP contribution in [0.2, 0.25) is 0 Å². The zero-order valence-electron chi connectivity index (χ0n) is 17.5.